The summed E-state index contributed by atoms with van der Waals surface area (Å²) in [5, 5.41) is 4.24. The molecule has 0 fully saturated rings. The quantitative estimate of drug-likeness (QED) is 0.788. The van der Waals surface area contributed by atoms with Crippen molar-refractivity contribution in [3.63, 3.8) is 0 Å². The summed E-state index contributed by atoms with van der Waals surface area (Å²) in [6, 6.07) is 6.69. The van der Waals surface area contributed by atoms with Gasteiger partial charge in [0.2, 0.25) is 0 Å². The molecule has 0 saturated carbocycles. The molecule has 0 unspecified atom stereocenters. The Morgan fingerprint density at radius 1 is 1.29 bits per heavy atom. The maximum Gasteiger partial charge on any atom is 0.417 e. The molecule has 1 heterocycles. The van der Waals surface area contributed by atoms with Crippen LogP contribution in [0.15, 0.2) is 30.8 Å². The van der Waals surface area contributed by atoms with E-state index in [1.54, 1.807) is 18.2 Å². The Kier molecular flexibility index (Phi) is 5.33. The molecule has 3 N–H and O–H groups in total. The van der Waals surface area contributed by atoms with Crippen molar-refractivity contribution in [2.24, 2.45) is 0 Å². The molecule has 0 aliphatic rings. The molecule has 1 aromatic heterocycles. The molecule has 24 heavy (non-hydrogen) atoms. The molecule has 0 bridgehead atoms. The largest absolute Gasteiger partial charge is 0.417 e. The lowest BCUT2D eigenvalue weighted by atomic mass is 10.0. The number of alkyl halides is 3. The van der Waals surface area contributed by atoms with Crippen LogP contribution in [0.25, 0.3) is 16.3 Å². The summed E-state index contributed by atoms with van der Waals surface area (Å²) < 4.78 is 39.1. The van der Waals surface area contributed by atoms with E-state index in [1.165, 1.54) is 0 Å². The number of hydrogen-bond donors (Lipinski definition) is 2. The molecule has 0 radical (unpaired) electrons. The highest BCUT2D eigenvalue weighted by molar-refractivity contribution is 6.01. The van der Waals surface area contributed by atoms with Gasteiger partial charge >= 0.3 is 6.18 Å². The van der Waals surface area contributed by atoms with Crippen molar-refractivity contribution in [1.82, 2.24) is 9.88 Å². The molecule has 2 aromatic rings. The van der Waals surface area contributed by atoms with E-state index in [0.29, 0.717) is 17.3 Å². The van der Waals surface area contributed by atoms with Gasteiger partial charge in [-0.2, -0.15) is 13.2 Å². The third-order valence-corrected chi connectivity index (χ3v) is 3.62. The van der Waals surface area contributed by atoms with E-state index in [2.05, 4.69) is 21.8 Å². The van der Waals surface area contributed by atoms with Crippen molar-refractivity contribution in [2.75, 3.05) is 38.2 Å². The normalized spacial score (nSPS) is 11.9. The Morgan fingerprint density at radius 2 is 2.00 bits per heavy atom. The van der Waals surface area contributed by atoms with E-state index in [9.17, 15) is 13.2 Å². The maximum absolute atomic E-state index is 13.0. The van der Waals surface area contributed by atoms with Crippen LogP contribution < -0.4 is 11.1 Å². The van der Waals surface area contributed by atoms with Gasteiger partial charge in [0.25, 0.3) is 0 Å². The number of nitrogen functional groups attached to an aromatic ring is 1. The number of aromatic nitrogens is 1. The van der Waals surface area contributed by atoms with Crippen LogP contribution in [-0.4, -0.2) is 43.2 Å². The molecule has 0 aliphatic carbocycles. The van der Waals surface area contributed by atoms with E-state index >= 15 is 0 Å². The van der Waals surface area contributed by atoms with Crippen LogP contribution in [0.5, 0.6) is 0 Å². The fourth-order valence-corrected chi connectivity index (χ4v) is 2.43. The van der Waals surface area contributed by atoms with Crippen LogP contribution in [0.3, 0.4) is 0 Å². The van der Waals surface area contributed by atoms with Crippen LogP contribution in [0, 0.1) is 0 Å². The summed E-state index contributed by atoms with van der Waals surface area (Å²) in [7, 11) is 3.97. The van der Waals surface area contributed by atoms with Crippen molar-refractivity contribution in [3.8, 4) is 0 Å². The lowest BCUT2D eigenvalue weighted by Crippen LogP contribution is -2.16. The Bertz CT molecular complexity index is 738. The molecule has 0 atom stereocenters. The first-order chi connectivity index (χ1) is 11.2. The van der Waals surface area contributed by atoms with Gasteiger partial charge < -0.3 is 16.0 Å². The van der Waals surface area contributed by atoms with Crippen LogP contribution in [0.1, 0.15) is 12.1 Å². The number of fused-ring (bicyclic) bond motifs is 1. The minimum absolute atomic E-state index is 0.0328. The number of anilines is 2. The fraction of sp³-hybridized carbons (Fsp3) is 0.353. The number of allylic oxidation sites excluding steroid dienone is 1. The fourth-order valence-electron chi connectivity index (χ4n) is 2.43. The summed E-state index contributed by atoms with van der Waals surface area (Å²) >= 11 is 0. The van der Waals surface area contributed by atoms with Crippen LogP contribution >= 0.6 is 0 Å². The van der Waals surface area contributed by atoms with Gasteiger partial charge in [0.05, 0.1) is 11.3 Å². The summed E-state index contributed by atoms with van der Waals surface area (Å²) in [5.41, 5.74) is 5.22. The van der Waals surface area contributed by atoms with Gasteiger partial charge in [0, 0.05) is 23.0 Å². The number of nitrogens with two attached hydrogens (primary N) is 1. The molecule has 130 valence electrons. The standard InChI is InChI=1S/C17H21F3N4/c1-11(17(18,19)20)16-12-6-4-7-14(13(12)10-15(21)23-16)22-8-5-9-24(2)3/h4,6-7,10,22H,1,5,8-9H2,2-3H3,(H2,21,23). The van der Waals surface area contributed by atoms with Crippen molar-refractivity contribution in [3.05, 3.63) is 36.5 Å². The highest BCUT2D eigenvalue weighted by Crippen LogP contribution is 2.37. The molecular formula is C17H21F3N4. The lowest BCUT2D eigenvalue weighted by molar-refractivity contribution is -0.0687. The van der Waals surface area contributed by atoms with E-state index in [1.807, 2.05) is 20.2 Å². The molecular weight excluding hydrogens is 317 g/mol. The molecule has 4 nitrogen and oxygen atoms in total. The average Bonchev–Trinajstić information content (AvgIpc) is 2.49. The van der Waals surface area contributed by atoms with E-state index in [0.717, 1.165) is 18.7 Å². The number of rotatable bonds is 6. The molecule has 2 rings (SSSR count). The second-order valence-corrected chi connectivity index (χ2v) is 5.86. The second-order valence-electron chi connectivity index (χ2n) is 5.86. The smallest absolute Gasteiger partial charge is 0.384 e. The minimum Gasteiger partial charge on any atom is -0.384 e. The van der Waals surface area contributed by atoms with Crippen LogP contribution in [-0.2, 0) is 0 Å². The zero-order valence-electron chi connectivity index (χ0n) is 13.7. The molecule has 0 amide bonds. The van der Waals surface area contributed by atoms with Gasteiger partial charge in [-0.3, -0.25) is 0 Å². The number of hydrogen-bond acceptors (Lipinski definition) is 4. The van der Waals surface area contributed by atoms with Crippen LogP contribution in [0.2, 0.25) is 0 Å². The molecule has 1 aromatic carbocycles. The summed E-state index contributed by atoms with van der Waals surface area (Å²) in [4.78, 5) is 5.92. The van der Waals surface area contributed by atoms with E-state index in [4.69, 9.17) is 5.73 Å². The van der Waals surface area contributed by atoms with E-state index < -0.39 is 11.7 Å². The summed E-state index contributed by atoms with van der Waals surface area (Å²) in [5.74, 6) is 0.0328. The number of nitrogens with one attached hydrogen (secondary N) is 1. The number of halogens is 3. The predicted molar refractivity (Wildman–Crippen MR) is 92.9 cm³/mol. The first kappa shape index (κ1) is 18.1. The van der Waals surface area contributed by atoms with Gasteiger partial charge in [-0.25, -0.2) is 4.98 Å². The molecule has 0 saturated heterocycles. The van der Waals surface area contributed by atoms with E-state index in [-0.39, 0.29) is 11.5 Å². The molecule has 0 spiro atoms. The number of pyridine rings is 1. The lowest BCUT2D eigenvalue weighted by Gasteiger charge is -2.16. The Hall–Kier alpha value is -2.28. The van der Waals surface area contributed by atoms with Crippen molar-refractivity contribution < 1.29 is 13.2 Å². The maximum atomic E-state index is 13.0. The zero-order valence-corrected chi connectivity index (χ0v) is 13.7. The zero-order chi connectivity index (χ0) is 17.9. The molecule has 0 aliphatic heterocycles. The topological polar surface area (TPSA) is 54.2 Å². The Labute approximate surface area is 139 Å². The average molecular weight is 338 g/mol. The van der Waals surface area contributed by atoms with Gasteiger partial charge in [-0.1, -0.05) is 18.7 Å². The highest BCUT2D eigenvalue weighted by atomic mass is 19.4. The molecule has 7 heteroatoms. The third kappa shape index (κ3) is 4.17. The SMILES string of the molecule is C=C(c1nc(N)cc2c(NCCCN(C)C)cccc12)C(F)(F)F. The second kappa shape index (κ2) is 7.09. The Morgan fingerprint density at radius 3 is 2.62 bits per heavy atom. The van der Waals surface area contributed by atoms with Crippen molar-refractivity contribution in [2.45, 2.75) is 12.6 Å². The van der Waals surface area contributed by atoms with Crippen molar-refractivity contribution in [1.29, 1.82) is 0 Å². The van der Waals surface area contributed by atoms with Gasteiger partial charge in [0.15, 0.2) is 0 Å². The summed E-state index contributed by atoms with van der Waals surface area (Å²) in [6.07, 6.45) is -3.64. The first-order valence-corrected chi connectivity index (χ1v) is 7.54. The summed E-state index contributed by atoms with van der Waals surface area (Å²) in [6.45, 7) is 4.76. The third-order valence-electron chi connectivity index (χ3n) is 3.62. The van der Waals surface area contributed by atoms with Gasteiger partial charge in [0.1, 0.15) is 5.82 Å². The minimum atomic E-state index is -4.55. The predicted octanol–water partition coefficient (Wildman–Crippen LogP) is 3.76. The monoisotopic (exact) mass is 338 g/mol. The highest BCUT2D eigenvalue weighted by Gasteiger charge is 2.35. The van der Waals surface area contributed by atoms with Crippen LogP contribution in [0.4, 0.5) is 24.7 Å². The van der Waals surface area contributed by atoms with Gasteiger partial charge in [-0.15, -0.1) is 0 Å². The van der Waals surface area contributed by atoms with Crippen molar-refractivity contribution >= 4 is 27.9 Å². The number of nitrogens with zero attached hydrogens (tertiary/aromatic N) is 2. The number of benzene rings is 1. The Balaban J connectivity index is 2.39. The first-order valence-electron chi connectivity index (χ1n) is 7.54. The van der Waals surface area contributed by atoms with Gasteiger partial charge in [-0.05, 0) is 39.2 Å².